The van der Waals surface area contributed by atoms with Crippen LogP contribution in [-0.2, 0) is 9.53 Å². The molecular formula is C15H28O2. The van der Waals surface area contributed by atoms with Crippen LogP contribution in [0.15, 0.2) is 11.6 Å². The van der Waals surface area contributed by atoms with Gasteiger partial charge in [0.15, 0.2) is 0 Å². The van der Waals surface area contributed by atoms with Gasteiger partial charge in [0, 0.05) is 6.42 Å². The summed E-state index contributed by atoms with van der Waals surface area (Å²) in [5.41, 5.74) is 1.73. The van der Waals surface area contributed by atoms with Crippen molar-refractivity contribution in [3.05, 3.63) is 11.6 Å². The first kappa shape index (κ1) is 16.2. The molecule has 0 saturated heterocycles. The Bertz CT molecular complexity index is 246. The lowest BCUT2D eigenvalue weighted by Gasteiger charge is -2.14. The van der Waals surface area contributed by atoms with Crippen LogP contribution < -0.4 is 0 Å². The molecule has 2 nitrogen and oxygen atoms in total. The summed E-state index contributed by atoms with van der Waals surface area (Å²) in [5.74, 6) is -0.0607. The molecule has 100 valence electrons. The van der Waals surface area contributed by atoms with Crippen LogP contribution in [-0.4, -0.2) is 12.6 Å². The largest absolute Gasteiger partial charge is 0.466 e. The molecule has 0 N–H and O–H groups in total. The highest BCUT2D eigenvalue weighted by molar-refractivity contribution is 5.69. The molecule has 0 aliphatic heterocycles. The molecule has 0 rings (SSSR count). The SMILES string of the molecule is CCOC(=O)CCCCC/C(C)=C/C(C)(C)C. The maximum atomic E-state index is 11.1. The molecule has 0 aliphatic rings. The van der Waals surface area contributed by atoms with E-state index in [2.05, 4.69) is 33.8 Å². The number of rotatable bonds is 7. The zero-order chi connectivity index (χ0) is 13.3. The van der Waals surface area contributed by atoms with E-state index in [0.717, 1.165) is 25.7 Å². The summed E-state index contributed by atoms with van der Waals surface area (Å²) in [7, 11) is 0. The van der Waals surface area contributed by atoms with E-state index in [9.17, 15) is 4.79 Å². The van der Waals surface area contributed by atoms with Crippen molar-refractivity contribution in [1.29, 1.82) is 0 Å². The molecule has 0 radical (unpaired) electrons. The van der Waals surface area contributed by atoms with E-state index in [1.54, 1.807) is 0 Å². The standard InChI is InChI=1S/C15H28O2/c1-6-17-14(16)11-9-7-8-10-13(2)12-15(3,4)5/h12H,6-11H2,1-5H3/b13-12+. The number of carbonyl (C=O) groups is 1. The maximum absolute atomic E-state index is 11.1. The second-order valence-corrected chi connectivity index (χ2v) is 5.72. The second-order valence-electron chi connectivity index (χ2n) is 5.72. The van der Waals surface area contributed by atoms with Crippen molar-refractivity contribution in [3.63, 3.8) is 0 Å². The van der Waals surface area contributed by atoms with Crippen molar-refractivity contribution < 1.29 is 9.53 Å². The van der Waals surface area contributed by atoms with Crippen LogP contribution in [0.3, 0.4) is 0 Å². The molecular weight excluding hydrogens is 212 g/mol. The Morgan fingerprint density at radius 1 is 1.12 bits per heavy atom. The fourth-order valence-corrected chi connectivity index (χ4v) is 1.89. The molecule has 17 heavy (non-hydrogen) atoms. The molecule has 0 heterocycles. The molecule has 0 atom stereocenters. The Balaban J connectivity index is 3.59. The molecule has 0 aromatic carbocycles. The summed E-state index contributed by atoms with van der Waals surface area (Å²) in [5, 5.41) is 0. The van der Waals surface area contributed by atoms with E-state index in [0.29, 0.717) is 13.0 Å². The number of ether oxygens (including phenoxy) is 1. The number of allylic oxidation sites excluding steroid dienone is 2. The van der Waals surface area contributed by atoms with Gasteiger partial charge in [-0.25, -0.2) is 0 Å². The number of carbonyl (C=O) groups excluding carboxylic acids is 1. The minimum absolute atomic E-state index is 0.0607. The van der Waals surface area contributed by atoms with Crippen molar-refractivity contribution in [2.45, 2.75) is 66.7 Å². The average molecular weight is 240 g/mol. The topological polar surface area (TPSA) is 26.3 Å². The van der Waals surface area contributed by atoms with Gasteiger partial charge in [-0.2, -0.15) is 0 Å². The molecule has 0 unspecified atom stereocenters. The first-order chi connectivity index (χ1) is 7.85. The second kappa shape index (κ2) is 8.32. The first-order valence-electron chi connectivity index (χ1n) is 6.69. The van der Waals surface area contributed by atoms with Crippen molar-refractivity contribution in [2.24, 2.45) is 5.41 Å². The summed E-state index contributed by atoms with van der Waals surface area (Å²) in [6.07, 6.45) is 7.25. The van der Waals surface area contributed by atoms with Crippen LogP contribution in [0.1, 0.15) is 66.7 Å². The van der Waals surface area contributed by atoms with E-state index >= 15 is 0 Å². The quantitative estimate of drug-likeness (QED) is 0.372. The Kier molecular flexibility index (Phi) is 7.94. The van der Waals surface area contributed by atoms with Gasteiger partial charge in [-0.05, 0) is 38.5 Å². The third kappa shape index (κ3) is 11.5. The van der Waals surface area contributed by atoms with Gasteiger partial charge in [0.25, 0.3) is 0 Å². The van der Waals surface area contributed by atoms with Crippen LogP contribution in [0, 0.1) is 5.41 Å². The number of unbranched alkanes of at least 4 members (excludes halogenated alkanes) is 2. The Labute approximate surface area is 106 Å². The number of hydrogen-bond donors (Lipinski definition) is 0. The predicted octanol–water partition coefficient (Wildman–Crippen LogP) is 4.49. The third-order valence-corrected chi connectivity index (χ3v) is 2.44. The summed E-state index contributed by atoms with van der Waals surface area (Å²) in [4.78, 5) is 11.1. The lowest BCUT2D eigenvalue weighted by Crippen LogP contribution is -2.03. The fourth-order valence-electron chi connectivity index (χ4n) is 1.89. The minimum atomic E-state index is -0.0607. The molecule has 0 aliphatic carbocycles. The Morgan fingerprint density at radius 3 is 2.24 bits per heavy atom. The van der Waals surface area contributed by atoms with Gasteiger partial charge in [0.2, 0.25) is 0 Å². The maximum Gasteiger partial charge on any atom is 0.305 e. The van der Waals surface area contributed by atoms with Crippen molar-refractivity contribution in [3.8, 4) is 0 Å². The van der Waals surface area contributed by atoms with Gasteiger partial charge < -0.3 is 4.74 Å². The molecule has 2 heteroatoms. The van der Waals surface area contributed by atoms with E-state index < -0.39 is 0 Å². The van der Waals surface area contributed by atoms with Gasteiger partial charge in [0.05, 0.1) is 6.61 Å². The highest BCUT2D eigenvalue weighted by Crippen LogP contribution is 2.20. The smallest absolute Gasteiger partial charge is 0.305 e. The summed E-state index contributed by atoms with van der Waals surface area (Å²) in [6, 6.07) is 0. The third-order valence-electron chi connectivity index (χ3n) is 2.44. The molecule has 0 fully saturated rings. The minimum Gasteiger partial charge on any atom is -0.466 e. The lowest BCUT2D eigenvalue weighted by molar-refractivity contribution is -0.143. The van der Waals surface area contributed by atoms with Crippen molar-refractivity contribution in [2.75, 3.05) is 6.61 Å². The highest BCUT2D eigenvalue weighted by Gasteiger charge is 2.06. The predicted molar refractivity (Wildman–Crippen MR) is 72.9 cm³/mol. The van der Waals surface area contributed by atoms with Gasteiger partial charge in [-0.1, -0.05) is 38.8 Å². The van der Waals surface area contributed by atoms with Crippen LogP contribution in [0.5, 0.6) is 0 Å². The van der Waals surface area contributed by atoms with E-state index in [1.807, 2.05) is 6.92 Å². The van der Waals surface area contributed by atoms with E-state index in [1.165, 1.54) is 5.57 Å². The highest BCUT2D eigenvalue weighted by atomic mass is 16.5. The summed E-state index contributed by atoms with van der Waals surface area (Å²) in [6.45, 7) is 11.2. The molecule has 0 amide bonds. The molecule has 0 bridgehead atoms. The monoisotopic (exact) mass is 240 g/mol. The molecule has 0 saturated carbocycles. The van der Waals surface area contributed by atoms with Gasteiger partial charge in [-0.15, -0.1) is 0 Å². The van der Waals surface area contributed by atoms with Gasteiger partial charge in [-0.3, -0.25) is 4.79 Å². The first-order valence-corrected chi connectivity index (χ1v) is 6.69. The zero-order valence-electron chi connectivity index (χ0n) is 12.1. The normalized spacial score (nSPS) is 12.6. The van der Waals surface area contributed by atoms with Crippen molar-refractivity contribution in [1.82, 2.24) is 0 Å². The van der Waals surface area contributed by atoms with E-state index in [4.69, 9.17) is 4.74 Å². The van der Waals surface area contributed by atoms with Crippen molar-refractivity contribution >= 4 is 5.97 Å². The lowest BCUT2D eigenvalue weighted by atomic mass is 9.92. The number of esters is 1. The Hall–Kier alpha value is -0.790. The molecule has 0 spiro atoms. The molecule has 0 aromatic heterocycles. The van der Waals surface area contributed by atoms with Crippen LogP contribution in [0.4, 0.5) is 0 Å². The molecule has 0 aromatic rings. The van der Waals surface area contributed by atoms with Gasteiger partial charge >= 0.3 is 5.97 Å². The van der Waals surface area contributed by atoms with Crippen LogP contribution >= 0.6 is 0 Å². The Morgan fingerprint density at radius 2 is 1.71 bits per heavy atom. The average Bonchev–Trinajstić information content (AvgIpc) is 2.14. The van der Waals surface area contributed by atoms with Crippen LogP contribution in [0.2, 0.25) is 0 Å². The number of hydrogen-bond acceptors (Lipinski definition) is 2. The van der Waals surface area contributed by atoms with E-state index in [-0.39, 0.29) is 11.4 Å². The zero-order valence-corrected chi connectivity index (χ0v) is 12.1. The summed E-state index contributed by atoms with van der Waals surface area (Å²) < 4.78 is 4.89. The summed E-state index contributed by atoms with van der Waals surface area (Å²) >= 11 is 0. The van der Waals surface area contributed by atoms with Crippen LogP contribution in [0.25, 0.3) is 0 Å². The van der Waals surface area contributed by atoms with Gasteiger partial charge in [0.1, 0.15) is 0 Å². The fraction of sp³-hybridized carbons (Fsp3) is 0.800.